The molecule has 0 aliphatic carbocycles. The van der Waals surface area contributed by atoms with E-state index >= 15 is 0 Å². The molecule has 0 saturated carbocycles. The molecule has 2 aromatic carbocycles. The van der Waals surface area contributed by atoms with Crippen molar-refractivity contribution in [2.75, 3.05) is 6.79 Å². The van der Waals surface area contributed by atoms with Crippen LogP contribution < -0.4 is 9.47 Å². The standard InChI is InChI=1S/C19H13N5O4S/c25-24(26)14-4-1-12(2-5-14)10-29-19-21-20-18-8-6-15(22-23(18)19)13-3-7-16-17(9-13)28-11-27-16/h1-9H,10-11H2. The van der Waals surface area contributed by atoms with Crippen LogP contribution in [0.1, 0.15) is 5.56 Å². The lowest BCUT2D eigenvalue weighted by Gasteiger charge is -2.04. The number of non-ortho nitro benzene ring substituents is 1. The maximum Gasteiger partial charge on any atom is 0.269 e. The van der Waals surface area contributed by atoms with Gasteiger partial charge < -0.3 is 9.47 Å². The van der Waals surface area contributed by atoms with Gasteiger partial charge in [0.1, 0.15) is 0 Å². The largest absolute Gasteiger partial charge is 0.454 e. The molecular weight excluding hydrogens is 394 g/mol. The molecule has 1 aliphatic rings. The Labute approximate surface area is 168 Å². The second kappa shape index (κ2) is 7.06. The lowest BCUT2D eigenvalue weighted by molar-refractivity contribution is -0.384. The van der Waals surface area contributed by atoms with E-state index in [0.29, 0.717) is 22.3 Å². The Morgan fingerprint density at radius 1 is 1.03 bits per heavy atom. The van der Waals surface area contributed by atoms with Crippen molar-refractivity contribution >= 4 is 23.1 Å². The summed E-state index contributed by atoms with van der Waals surface area (Å²) in [4.78, 5) is 10.4. The molecule has 0 saturated heterocycles. The first-order chi connectivity index (χ1) is 14.2. The average Bonchev–Trinajstić information content (AvgIpc) is 3.38. The Morgan fingerprint density at radius 2 is 1.86 bits per heavy atom. The third-order valence-electron chi connectivity index (χ3n) is 4.42. The molecule has 5 rings (SSSR count). The number of aromatic nitrogens is 4. The lowest BCUT2D eigenvalue weighted by Crippen LogP contribution is -1.97. The molecule has 0 atom stereocenters. The topological polar surface area (TPSA) is 105 Å². The van der Waals surface area contributed by atoms with Crippen LogP contribution in [0, 0.1) is 10.1 Å². The third-order valence-corrected chi connectivity index (χ3v) is 5.41. The van der Waals surface area contributed by atoms with E-state index in [0.717, 1.165) is 22.6 Å². The first-order valence-electron chi connectivity index (χ1n) is 8.66. The molecule has 3 heterocycles. The smallest absolute Gasteiger partial charge is 0.269 e. The molecule has 0 N–H and O–H groups in total. The Hall–Kier alpha value is -3.66. The van der Waals surface area contributed by atoms with E-state index in [-0.39, 0.29) is 12.5 Å². The Morgan fingerprint density at radius 3 is 2.69 bits per heavy atom. The van der Waals surface area contributed by atoms with Crippen molar-refractivity contribution in [1.82, 2.24) is 19.8 Å². The van der Waals surface area contributed by atoms with Gasteiger partial charge in [-0.1, -0.05) is 23.9 Å². The Kier molecular flexibility index (Phi) is 4.24. The van der Waals surface area contributed by atoms with Gasteiger partial charge in [0.05, 0.1) is 10.6 Å². The second-order valence-corrected chi connectivity index (χ2v) is 7.19. The van der Waals surface area contributed by atoms with Crippen molar-refractivity contribution in [2.24, 2.45) is 0 Å². The number of nitro benzene ring substituents is 1. The van der Waals surface area contributed by atoms with E-state index in [2.05, 4.69) is 15.3 Å². The maximum absolute atomic E-state index is 10.8. The Bertz CT molecular complexity index is 1230. The molecule has 1 aliphatic heterocycles. The summed E-state index contributed by atoms with van der Waals surface area (Å²) in [5, 5.41) is 24.4. The SMILES string of the molecule is O=[N+]([O-])c1ccc(CSc2nnc3ccc(-c4ccc5c(c4)OCO5)nn23)cc1. The maximum atomic E-state index is 10.8. The lowest BCUT2D eigenvalue weighted by atomic mass is 10.1. The molecule has 10 heteroatoms. The predicted molar refractivity (Wildman–Crippen MR) is 105 cm³/mol. The summed E-state index contributed by atoms with van der Waals surface area (Å²) in [6.07, 6.45) is 0. The molecule has 4 aromatic rings. The summed E-state index contributed by atoms with van der Waals surface area (Å²) in [7, 11) is 0. The van der Waals surface area contributed by atoms with Crippen LogP contribution in [0.3, 0.4) is 0 Å². The zero-order chi connectivity index (χ0) is 19.8. The number of benzene rings is 2. The van der Waals surface area contributed by atoms with Crippen LogP contribution in [0.4, 0.5) is 5.69 Å². The van der Waals surface area contributed by atoms with Gasteiger partial charge >= 0.3 is 0 Å². The number of fused-ring (bicyclic) bond motifs is 2. The van der Waals surface area contributed by atoms with Crippen LogP contribution in [0.2, 0.25) is 0 Å². The summed E-state index contributed by atoms with van der Waals surface area (Å²) >= 11 is 1.46. The number of nitrogens with zero attached hydrogens (tertiary/aromatic N) is 5. The number of ether oxygens (including phenoxy) is 2. The molecule has 144 valence electrons. The molecule has 2 aromatic heterocycles. The van der Waals surface area contributed by atoms with Gasteiger partial charge in [-0.3, -0.25) is 10.1 Å². The molecule has 0 radical (unpaired) electrons. The number of rotatable bonds is 5. The first kappa shape index (κ1) is 17.4. The predicted octanol–water partition coefficient (Wildman–Crippen LogP) is 3.72. The highest BCUT2D eigenvalue weighted by Gasteiger charge is 2.16. The van der Waals surface area contributed by atoms with Gasteiger partial charge in [0.15, 0.2) is 17.1 Å². The number of thioether (sulfide) groups is 1. The van der Waals surface area contributed by atoms with Crippen molar-refractivity contribution < 1.29 is 14.4 Å². The van der Waals surface area contributed by atoms with E-state index in [9.17, 15) is 10.1 Å². The van der Waals surface area contributed by atoms with Crippen LogP contribution >= 0.6 is 11.8 Å². The minimum atomic E-state index is -0.412. The van der Waals surface area contributed by atoms with Gasteiger partial charge in [-0.25, -0.2) is 0 Å². The van der Waals surface area contributed by atoms with Gasteiger partial charge in [-0.05, 0) is 35.9 Å². The molecule has 0 fully saturated rings. The zero-order valence-electron chi connectivity index (χ0n) is 14.9. The summed E-state index contributed by atoms with van der Waals surface area (Å²) in [6.45, 7) is 0.222. The van der Waals surface area contributed by atoms with Crippen molar-refractivity contribution in [3.8, 4) is 22.8 Å². The van der Waals surface area contributed by atoms with Crippen LogP contribution in [-0.4, -0.2) is 31.5 Å². The zero-order valence-corrected chi connectivity index (χ0v) is 15.7. The highest BCUT2D eigenvalue weighted by Crippen LogP contribution is 2.35. The quantitative estimate of drug-likeness (QED) is 0.280. The van der Waals surface area contributed by atoms with Gasteiger partial charge in [0.2, 0.25) is 11.9 Å². The van der Waals surface area contributed by atoms with Gasteiger partial charge in [0.25, 0.3) is 5.69 Å². The van der Waals surface area contributed by atoms with Gasteiger partial charge in [-0.2, -0.15) is 9.61 Å². The molecule has 9 nitrogen and oxygen atoms in total. The molecular formula is C19H13N5O4S. The molecule has 0 bridgehead atoms. The van der Waals surface area contributed by atoms with Crippen molar-refractivity contribution in [3.63, 3.8) is 0 Å². The van der Waals surface area contributed by atoms with E-state index < -0.39 is 4.92 Å². The highest BCUT2D eigenvalue weighted by atomic mass is 32.2. The fourth-order valence-electron chi connectivity index (χ4n) is 2.93. The monoisotopic (exact) mass is 407 g/mol. The van der Waals surface area contributed by atoms with Crippen molar-refractivity contribution in [2.45, 2.75) is 10.9 Å². The van der Waals surface area contributed by atoms with Crippen LogP contribution in [0.5, 0.6) is 11.5 Å². The highest BCUT2D eigenvalue weighted by molar-refractivity contribution is 7.98. The molecule has 0 unspecified atom stereocenters. The van der Waals surface area contributed by atoms with Gasteiger partial charge in [0, 0.05) is 23.4 Å². The second-order valence-electron chi connectivity index (χ2n) is 6.25. The molecule has 0 spiro atoms. The summed E-state index contributed by atoms with van der Waals surface area (Å²) < 4.78 is 12.5. The normalized spacial score (nSPS) is 12.4. The van der Waals surface area contributed by atoms with Crippen molar-refractivity contribution in [1.29, 1.82) is 0 Å². The van der Waals surface area contributed by atoms with Crippen LogP contribution in [0.25, 0.3) is 16.9 Å². The fraction of sp³-hybridized carbons (Fsp3) is 0.105. The van der Waals surface area contributed by atoms with Crippen LogP contribution in [-0.2, 0) is 5.75 Å². The summed E-state index contributed by atoms with van der Waals surface area (Å²) in [5.74, 6) is 2.01. The van der Waals surface area contributed by atoms with Crippen LogP contribution in [0.15, 0.2) is 59.8 Å². The minimum absolute atomic E-state index is 0.0710. The molecule has 29 heavy (non-hydrogen) atoms. The minimum Gasteiger partial charge on any atom is -0.454 e. The van der Waals surface area contributed by atoms with E-state index in [1.807, 2.05) is 30.3 Å². The summed E-state index contributed by atoms with van der Waals surface area (Å²) in [6, 6.07) is 15.9. The van der Waals surface area contributed by atoms with E-state index in [1.165, 1.54) is 23.9 Å². The molecule has 0 amide bonds. The number of hydrogen-bond acceptors (Lipinski definition) is 8. The number of nitro groups is 1. The van der Waals surface area contributed by atoms with E-state index in [1.54, 1.807) is 16.6 Å². The van der Waals surface area contributed by atoms with Gasteiger partial charge in [-0.15, -0.1) is 10.2 Å². The first-order valence-corrected chi connectivity index (χ1v) is 9.64. The summed E-state index contributed by atoms with van der Waals surface area (Å²) in [5.41, 5.74) is 3.32. The fourth-order valence-corrected chi connectivity index (χ4v) is 3.77. The average molecular weight is 407 g/mol. The number of hydrogen-bond donors (Lipinski definition) is 0. The Balaban J connectivity index is 1.40. The van der Waals surface area contributed by atoms with E-state index in [4.69, 9.17) is 9.47 Å². The third kappa shape index (κ3) is 3.34. The van der Waals surface area contributed by atoms with Crippen molar-refractivity contribution in [3.05, 3.63) is 70.3 Å².